The summed E-state index contributed by atoms with van der Waals surface area (Å²) in [7, 11) is -1.29. The molecule has 0 saturated carbocycles. The Kier molecular flexibility index (Phi) is 7.02. The maximum atomic E-state index is 12.5. The van der Waals surface area contributed by atoms with Crippen molar-refractivity contribution in [1.82, 2.24) is 4.90 Å². The van der Waals surface area contributed by atoms with E-state index in [1.165, 1.54) is 0 Å². The van der Waals surface area contributed by atoms with Crippen molar-refractivity contribution < 1.29 is 22.9 Å². The van der Waals surface area contributed by atoms with E-state index in [0.29, 0.717) is 23.7 Å². The average molecular weight is 403 g/mol. The van der Waals surface area contributed by atoms with E-state index in [2.05, 4.69) is 5.32 Å². The third-order valence-corrected chi connectivity index (χ3v) is 6.45. The molecule has 1 fully saturated rings. The number of carbonyl (C=O) groups excluding carboxylic acids is 2. The third-order valence-electron chi connectivity index (χ3n) is 4.37. The van der Waals surface area contributed by atoms with Crippen LogP contribution in [0.5, 0.6) is 0 Å². The molecule has 1 aromatic rings. The fourth-order valence-electron chi connectivity index (χ4n) is 3.11. The van der Waals surface area contributed by atoms with Crippen molar-refractivity contribution in [1.29, 1.82) is 0 Å². The van der Waals surface area contributed by atoms with Gasteiger partial charge < -0.3 is 15.1 Å². The van der Waals surface area contributed by atoms with Crippen molar-refractivity contribution in [3.05, 3.63) is 29.3 Å². The van der Waals surface area contributed by atoms with E-state index < -0.39 is 9.84 Å². The van der Waals surface area contributed by atoms with Gasteiger partial charge >= 0.3 is 0 Å². The van der Waals surface area contributed by atoms with Crippen molar-refractivity contribution in [3.8, 4) is 0 Å². The molecule has 1 aliphatic rings. The minimum Gasteiger partial charge on any atom is -0.334 e. The standard InChI is InChI=1S/C17H24ClN3O4S/c1-3-21(13-8-9-26(24,25)12-13)17(23)11-20(2)10-16(22)19-15-7-5-4-6-14(15)18/h4-7,13H,3,8-12H2,1-2H3,(H,19,22)/p+1/t13-/m1/s1. The summed E-state index contributed by atoms with van der Waals surface area (Å²) in [6, 6.07) is 6.68. The van der Waals surface area contributed by atoms with Gasteiger partial charge in [-0.3, -0.25) is 9.59 Å². The highest BCUT2D eigenvalue weighted by Crippen LogP contribution is 2.20. The maximum Gasteiger partial charge on any atom is 0.279 e. The Bertz CT molecular complexity index is 769. The molecular formula is C17H25ClN3O4S+. The highest BCUT2D eigenvalue weighted by atomic mass is 35.5. The van der Waals surface area contributed by atoms with Gasteiger partial charge in [0.25, 0.3) is 11.8 Å². The van der Waals surface area contributed by atoms with Crippen LogP contribution in [-0.2, 0) is 19.4 Å². The van der Waals surface area contributed by atoms with Crippen LogP contribution < -0.4 is 10.2 Å². The molecule has 0 spiro atoms. The first kappa shape index (κ1) is 20.7. The number of hydrogen-bond acceptors (Lipinski definition) is 4. The molecule has 1 saturated heterocycles. The molecule has 1 unspecified atom stereocenters. The quantitative estimate of drug-likeness (QED) is 0.662. The molecule has 1 aliphatic heterocycles. The summed E-state index contributed by atoms with van der Waals surface area (Å²) in [5.41, 5.74) is 0.532. The highest BCUT2D eigenvalue weighted by molar-refractivity contribution is 7.91. The summed E-state index contributed by atoms with van der Waals surface area (Å²) in [5.74, 6) is -0.226. The number of amides is 2. The Morgan fingerprint density at radius 1 is 1.31 bits per heavy atom. The van der Waals surface area contributed by atoms with Gasteiger partial charge in [-0.2, -0.15) is 0 Å². The third kappa shape index (κ3) is 5.69. The minimum absolute atomic E-state index is 0.0264. The molecule has 2 N–H and O–H groups in total. The summed E-state index contributed by atoms with van der Waals surface area (Å²) >= 11 is 6.01. The number of hydrogen-bond donors (Lipinski definition) is 2. The SMILES string of the molecule is CCN(C(=O)C[NH+](C)CC(=O)Nc1ccccc1Cl)[C@@H]1CCS(=O)(=O)C1. The number of rotatable bonds is 7. The molecule has 2 atom stereocenters. The number of halogens is 1. The fraction of sp³-hybridized carbons (Fsp3) is 0.529. The lowest BCUT2D eigenvalue weighted by molar-refractivity contribution is -0.862. The molecule has 0 bridgehead atoms. The van der Waals surface area contributed by atoms with Gasteiger partial charge in [0, 0.05) is 12.6 Å². The second-order valence-corrected chi connectivity index (χ2v) is 9.21. The highest BCUT2D eigenvalue weighted by Gasteiger charge is 2.34. The van der Waals surface area contributed by atoms with E-state index in [-0.39, 0.29) is 42.5 Å². The predicted octanol–water partition coefficient (Wildman–Crippen LogP) is -0.171. The van der Waals surface area contributed by atoms with E-state index in [9.17, 15) is 18.0 Å². The smallest absolute Gasteiger partial charge is 0.279 e. The molecule has 144 valence electrons. The van der Waals surface area contributed by atoms with Crippen molar-refractivity contribution in [3.63, 3.8) is 0 Å². The Morgan fingerprint density at radius 3 is 2.58 bits per heavy atom. The number of benzene rings is 1. The number of likely N-dealkylation sites (N-methyl/N-ethyl adjacent to an activating group) is 2. The lowest BCUT2D eigenvalue weighted by Crippen LogP contribution is -3.11. The Labute approximate surface area is 159 Å². The van der Waals surface area contributed by atoms with Gasteiger partial charge in [-0.15, -0.1) is 0 Å². The van der Waals surface area contributed by atoms with E-state index in [0.717, 1.165) is 4.90 Å². The maximum absolute atomic E-state index is 12.5. The summed E-state index contributed by atoms with van der Waals surface area (Å²) in [4.78, 5) is 27.0. The zero-order valence-electron chi connectivity index (χ0n) is 15.0. The van der Waals surface area contributed by atoms with Crippen molar-refractivity contribution in [2.75, 3.05) is 43.5 Å². The van der Waals surface area contributed by atoms with Crippen LogP contribution in [0.15, 0.2) is 24.3 Å². The van der Waals surface area contributed by atoms with Gasteiger partial charge in [-0.1, -0.05) is 23.7 Å². The van der Waals surface area contributed by atoms with E-state index >= 15 is 0 Å². The Morgan fingerprint density at radius 2 is 2.00 bits per heavy atom. The van der Waals surface area contributed by atoms with E-state index in [1.54, 1.807) is 36.2 Å². The van der Waals surface area contributed by atoms with Crippen LogP contribution in [0.25, 0.3) is 0 Å². The van der Waals surface area contributed by atoms with E-state index in [4.69, 9.17) is 11.6 Å². The number of nitrogens with one attached hydrogen (secondary N) is 2. The molecule has 2 rings (SSSR count). The van der Waals surface area contributed by atoms with Crippen LogP contribution >= 0.6 is 11.6 Å². The molecule has 26 heavy (non-hydrogen) atoms. The van der Waals surface area contributed by atoms with Gasteiger partial charge in [0.05, 0.1) is 29.3 Å². The van der Waals surface area contributed by atoms with E-state index in [1.807, 2.05) is 6.92 Å². The number of carbonyl (C=O) groups is 2. The van der Waals surface area contributed by atoms with Crippen LogP contribution in [0.1, 0.15) is 13.3 Å². The zero-order chi connectivity index (χ0) is 19.3. The van der Waals surface area contributed by atoms with Gasteiger partial charge in [0.1, 0.15) is 0 Å². The fourth-order valence-corrected chi connectivity index (χ4v) is 5.03. The topological polar surface area (TPSA) is 88.0 Å². The van der Waals surface area contributed by atoms with Gasteiger partial charge in [0.2, 0.25) is 0 Å². The first-order valence-electron chi connectivity index (χ1n) is 8.57. The summed E-state index contributed by atoms with van der Waals surface area (Å²) < 4.78 is 23.3. The second kappa shape index (κ2) is 8.83. The average Bonchev–Trinajstić information content (AvgIpc) is 2.89. The van der Waals surface area contributed by atoms with Gasteiger partial charge in [-0.25, -0.2) is 8.42 Å². The van der Waals surface area contributed by atoms with Crippen LogP contribution in [0.3, 0.4) is 0 Å². The lowest BCUT2D eigenvalue weighted by atomic mass is 10.2. The second-order valence-electron chi connectivity index (χ2n) is 6.58. The molecule has 1 heterocycles. The lowest BCUT2D eigenvalue weighted by Gasteiger charge is -2.27. The number of quaternary nitrogens is 1. The number of para-hydroxylation sites is 1. The molecular weight excluding hydrogens is 378 g/mol. The molecule has 1 aromatic carbocycles. The normalized spacial score (nSPS) is 19.7. The van der Waals surface area contributed by atoms with Crippen molar-refractivity contribution in [2.24, 2.45) is 0 Å². The predicted molar refractivity (Wildman–Crippen MR) is 101 cm³/mol. The largest absolute Gasteiger partial charge is 0.334 e. The van der Waals surface area contributed by atoms with Crippen LogP contribution in [0.4, 0.5) is 5.69 Å². The molecule has 2 amide bonds. The molecule has 0 aromatic heterocycles. The zero-order valence-corrected chi connectivity index (χ0v) is 16.6. The molecule has 0 radical (unpaired) electrons. The van der Waals surface area contributed by atoms with Gasteiger partial charge in [0.15, 0.2) is 22.9 Å². The summed E-state index contributed by atoms with van der Waals surface area (Å²) in [5, 5.41) is 3.18. The van der Waals surface area contributed by atoms with Crippen LogP contribution in [-0.4, -0.2) is 69.4 Å². The van der Waals surface area contributed by atoms with Crippen LogP contribution in [0, 0.1) is 0 Å². The Balaban J connectivity index is 1.87. The summed E-state index contributed by atoms with van der Waals surface area (Å²) in [6.07, 6.45) is 0.480. The molecule has 9 heteroatoms. The monoisotopic (exact) mass is 402 g/mol. The molecule has 0 aliphatic carbocycles. The number of nitrogens with zero attached hydrogens (tertiary/aromatic N) is 1. The minimum atomic E-state index is -3.05. The Hall–Kier alpha value is -1.64. The molecule has 7 nitrogen and oxygen atoms in total. The first-order valence-corrected chi connectivity index (χ1v) is 10.8. The number of anilines is 1. The van der Waals surface area contributed by atoms with Gasteiger partial charge in [-0.05, 0) is 25.5 Å². The number of sulfone groups is 1. The van der Waals surface area contributed by atoms with Crippen molar-refractivity contribution in [2.45, 2.75) is 19.4 Å². The van der Waals surface area contributed by atoms with Crippen LogP contribution in [0.2, 0.25) is 5.02 Å². The van der Waals surface area contributed by atoms with Crippen molar-refractivity contribution >= 4 is 38.9 Å². The first-order chi connectivity index (χ1) is 12.2. The summed E-state index contributed by atoms with van der Waals surface area (Å²) in [6.45, 7) is 2.53.